The van der Waals surface area contributed by atoms with E-state index in [4.69, 9.17) is 0 Å². The topological polar surface area (TPSA) is 68.1 Å². The van der Waals surface area contributed by atoms with E-state index < -0.39 is 4.92 Å². The number of nitrogens with one attached hydrogen (secondary N) is 1. The molecule has 0 aliphatic heterocycles. The zero-order chi connectivity index (χ0) is 12.1. The van der Waals surface area contributed by atoms with Crippen LogP contribution in [0.25, 0.3) is 0 Å². The van der Waals surface area contributed by atoms with Gasteiger partial charge in [0.05, 0.1) is 4.92 Å². The Bertz CT molecular complexity index is 502. The summed E-state index contributed by atoms with van der Waals surface area (Å²) < 4.78 is 3.05. The molecule has 0 bridgehead atoms. The summed E-state index contributed by atoms with van der Waals surface area (Å²) in [4.78, 5) is 15.0. The Morgan fingerprint density at radius 1 is 1.18 bits per heavy atom. The highest BCUT2D eigenvalue weighted by Crippen LogP contribution is 2.22. The molecule has 0 saturated carbocycles. The number of benzene rings is 1. The maximum atomic E-state index is 10.5. The first-order chi connectivity index (χ1) is 8.25. The second-order valence-corrected chi connectivity index (χ2v) is 4.05. The molecule has 0 unspecified atom stereocenters. The van der Waals surface area contributed by atoms with Crippen molar-refractivity contribution in [2.75, 3.05) is 4.72 Å². The normalized spacial score (nSPS) is 9.88. The average Bonchev–Trinajstić information content (AvgIpc) is 2.38. The number of nitro benzene ring substituents is 1. The largest absolute Gasteiger partial charge is 0.310 e. The molecule has 1 aromatic carbocycles. The molecule has 0 amide bonds. The molecule has 0 atom stereocenters. The third-order valence-corrected chi connectivity index (χ3v) is 2.80. The van der Waals surface area contributed by atoms with Crippen LogP contribution < -0.4 is 4.72 Å². The standard InChI is InChI=1S/C11H9N3O2S/c15-14(16)9-4-6-10(7-5-9)17-13-11-3-1-2-8-12-11/h1-8H,(H,12,13). The lowest BCUT2D eigenvalue weighted by Gasteiger charge is -2.03. The minimum Gasteiger partial charge on any atom is -0.310 e. The molecule has 0 aliphatic carbocycles. The molecule has 1 aromatic heterocycles. The van der Waals surface area contributed by atoms with Crippen molar-refractivity contribution in [1.29, 1.82) is 0 Å². The summed E-state index contributed by atoms with van der Waals surface area (Å²) in [6.45, 7) is 0. The highest BCUT2D eigenvalue weighted by atomic mass is 32.2. The van der Waals surface area contributed by atoms with Gasteiger partial charge in [0.15, 0.2) is 0 Å². The summed E-state index contributed by atoms with van der Waals surface area (Å²) in [7, 11) is 0. The number of nitrogens with zero attached hydrogens (tertiary/aromatic N) is 2. The summed E-state index contributed by atoms with van der Waals surface area (Å²) in [5.74, 6) is 0.746. The Hall–Kier alpha value is -2.08. The van der Waals surface area contributed by atoms with Crippen LogP contribution in [0.5, 0.6) is 0 Å². The van der Waals surface area contributed by atoms with E-state index in [9.17, 15) is 10.1 Å². The fourth-order valence-corrected chi connectivity index (χ4v) is 1.79. The third-order valence-electron chi connectivity index (χ3n) is 1.99. The van der Waals surface area contributed by atoms with Crippen molar-refractivity contribution in [3.05, 3.63) is 58.8 Å². The van der Waals surface area contributed by atoms with Gasteiger partial charge in [-0.05, 0) is 36.2 Å². The van der Waals surface area contributed by atoms with Crippen molar-refractivity contribution < 1.29 is 4.92 Å². The van der Waals surface area contributed by atoms with Crippen molar-refractivity contribution in [3.63, 3.8) is 0 Å². The Morgan fingerprint density at radius 3 is 2.53 bits per heavy atom. The Balaban J connectivity index is 1.98. The number of aromatic nitrogens is 1. The van der Waals surface area contributed by atoms with E-state index in [-0.39, 0.29) is 5.69 Å². The SMILES string of the molecule is O=[N+]([O-])c1ccc(SNc2ccccn2)cc1. The van der Waals surface area contributed by atoms with Crippen LogP contribution in [0.1, 0.15) is 0 Å². The van der Waals surface area contributed by atoms with Gasteiger partial charge in [-0.1, -0.05) is 6.07 Å². The first-order valence-electron chi connectivity index (χ1n) is 4.84. The monoisotopic (exact) mass is 247 g/mol. The molecule has 0 spiro atoms. The van der Waals surface area contributed by atoms with Gasteiger partial charge in [-0.15, -0.1) is 0 Å². The lowest BCUT2D eigenvalue weighted by molar-refractivity contribution is -0.384. The van der Waals surface area contributed by atoms with Crippen molar-refractivity contribution in [2.45, 2.75) is 4.90 Å². The van der Waals surface area contributed by atoms with Gasteiger partial charge in [0.25, 0.3) is 5.69 Å². The van der Waals surface area contributed by atoms with Gasteiger partial charge in [0, 0.05) is 23.2 Å². The molecule has 1 heterocycles. The van der Waals surface area contributed by atoms with Crippen LogP contribution in [-0.2, 0) is 0 Å². The predicted molar refractivity (Wildman–Crippen MR) is 66.8 cm³/mol. The van der Waals surface area contributed by atoms with Crippen LogP contribution in [0.2, 0.25) is 0 Å². The summed E-state index contributed by atoms with van der Waals surface area (Å²) in [6.07, 6.45) is 1.69. The third kappa shape index (κ3) is 3.18. The molecule has 0 saturated heterocycles. The van der Waals surface area contributed by atoms with Gasteiger partial charge in [0.1, 0.15) is 5.82 Å². The van der Waals surface area contributed by atoms with Gasteiger partial charge < -0.3 is 4.72 Å². The Morgan fingerprint density at radius 2 is 1.94 bits per heavy atom. The van der Waals surface area contributed by atoms with Gasteiger partial charge in [-0.25, -0.2) is 4.98 Å². The number of hydrogen-bond donors (Lipinski definition) is 1. The second-order valence-electron chi connectivity index (χ2n) is 3.17. The van der Waals surface area contributed by atoms with Crippen LogP contribution in [0.4, 0.5) is 11.5 Å². The zero-order valence-corrected chi connectivity index (χ0v) is 9.55. The number of pyridine rings is 1. The molecule has 0 aliphatic rings. The van der Waals surface area contributed by atoms with Crippen LogP contribution in [0, 0.1) is 10.1 Å². The van der Waals surface area contributed by atoms with E-state index in [2.05, 4.69) is 9.71 Å². The molecular formula is C11H9N3O2S. The van der Waals surface area contributed by atoms with Crippen LogP contribution >= 0.6 is 11.9 Å². The zero-order valence-electron chi connectivity index (χ0n) is 8.74. The quantitative estimate of drug-likeness (QED) is 0.510. The molecule has 86 valence electrons. The van der Waals surface area contributed by atoms with Gasteiger partial charge in [-0.3, -0.25) is 10.1 Å². The molecule has 6 heteroatoms. The fraction of sp³-hybridized carbons (Fsp3) is 0. The Labute approximate surface area is 102 Å². The van der Waals surface area contributed by atoms with Gasteiger partial charge in [-0.2, -0.15) is 0 Å². The number of non-ortho nitro benzene ring substituents is 1. The van der Waals surface area contributed by atoms with Crippen molar-refractivity contribution in [2.24, 2.45) is 0 Å². The lowest BCUT2D eigenvalue weighted by Crippen LogP contribution is -1.90. The lowest BCUT2D eigenvalue weighted by atomic mass is 10.3. The maximum Gasteiger partial charge on any atom is 0.269 e. The maximum absolute atomic E-state index is 10.5. The number of nitro groups is 1. The van der Waals surface area contributed by atoms with Crippen LogP contribution in [0.15, 0.2) is 53.6 Å². The molecular weight excluding hydrogens is 238 g/mol. The molecule has 2 rings (SSSR count). The van der Waals surface area contributed by atoms with E-state index in [1.54, 1.807) is 18.3 Å². The van der Waals surface area contributed by atoms with E-state index in [1.807, 2.05) is 18.2 Å². The highest BCUT2D eigenvalue weighted by molar-refractivity contribution is 8.00. The fourth-order valence-electron chi connectivity index (χ4n) is 1.17. The highest BCUT2D eigenvalue weighted by Gasteiger charge is 2.04. The molecule has 2 aromatic rings. The van der Waals surface area contributed by atoms with Crippen molar-refractivity contribution in [3.8, 4) is 0 Å². The molecule has 17 heavy (non-hydrogen) atoms. The van der Waals surface area contributed by atoms with Gasteiger partial charge in [0.2, 0.25) is 0 Å². The number of hydrogen-bond acceptors (Lipinski definition) is 5. The number of rotatable bonds is 4. The van der Waals surface area contributed by atoms with Crippen molar-refractivity contribution in [1.82, 2.24) is 4.98 Å². The van der Waals surface area contributed by atoms with E-state index in [0.29, 0.717) is 0 Å². The first-order valence-corrected chi connectivity index (χ1v) is 5.66. The molecule has 1 N–H and O–H groups in total. The molecule has 0 radical (unpaired) electrons. The van der Waals surface area contributed by atoms with E-state index in [0.717, 1.165) is 10.7 Å². The van der Waals surface area contributed by atoms with E-state index in [1.165, 1.54) is 24.1 Å². The molecule has 5 nitrogen and oxygen atoms in total. The predicted octanol–water partition coefficient (Wildman–Crippen LogP) is 3.11. The summed E-state index contributed by atoms with van der Waals surface area (Å²) in [5.41, 5.74) is 0.0900. The second kappa shape index (κ2) is 5.31. The first kappa shape index (κ1) is 11.4. The minimum absolute atomic E-state index is 0.0900. The van der Waals surface area contributed by atoms with Crippen molar-refractivity contribution >= 4 is 23.5 Å². The summed E-state index contributed by atoms with van der Waals surface area (Å²) in [6, 6.07) is 11.9. The smallest absolute Gasteiger partial charge is 0.269 e. The molecule has 0 fully saturated rings. The average molecular weight is 247 g/mol. The number of anilines is 1. The minimum atomic E-state index is -0.416. The van der Waals surface area contributed by atoms with Gasteiger partial charge >= 0.3 is 0 Å². The van der Waals surface area contributed by atoms with Crippen LogP contribution in [-0.4, -0.2) is 9.91 Å². The summed E-state index contributed by atoms with van der Waals surface area (Å²) in [5, 5.41) is 10.5. The van der Waals surface area contributed by atoms with Crippen LogP contribution in [0.3, 0.4) is 0 Å². The summed E-state index contributed by atoms with van der Waals surface area (Å²) >= 11 is 1.36. The Kier molecular flexibility index (Phi) is 3.56. The van der Waals surface area contributed by atoms with E-state index >= 15 is 0 Å².